The number of aromatic hydroxyl groups is 2. The van der Waals surface area contributed by atoms with Crippen molar-refractivity contribution in [3.63, 3.8) is 0 Å². The molecule has 1 aliphatic rings. The van der Waals surface area contributed by atoms with Gasteiger partial charge in [0.15, 0.2) is 5.71 Å². The van der Waals surface area contributed by atoms with Crippen LogP contribution in [0, 0.1) is 0 Å². The number of fused-ring (bicyclic) bond motifs is 6. The van der Waals surface area contributed by atoms with Gasteiger partial charge in [0.2, 0.25) is 11.2 Å². The summed E-state index contributed by atoms with van der Waals surface area (Å²) >= 11 is 4.80. The maximum atomic E-state index is 12.6. The van der Waals surface area contributed by atoms with Crippen molar-refractivity contribution in [1.82, 2.24) is 9.97 Å². The summed E-state index contributed by atoms with van der Waals surface area (Å²) in [5, 5.41) is 50.9. The van der Waals surface area contributed by atoms with Crippen LogP contribution in [-0.2, 0) is 25.9 Å². The average molecular weight is 1070 g/mol. The topological polar surface area (TPSA) is 140 Å². The van der Waals surface area contributed by atoms with E-state index in [2.05, 4.69) is 32.1 Å². The average Bonchev–Trinajstić information content (AvgIpc) is 4.25. The van der Waals surface area contributed by atoms with Gasteiger partial charge in [-0.1, -0.05) is 162 Å². The number of benzene rings is 10. The van der Waals surface area contributed by atoms with Gasteiger partial charge in [0.05, 0.1) is 43.5 Å². The Kier molecular flexibility index (Phi) is 15.7. The zero-order chi connectivity index (χ0) is 49.0. The van der Waals surface area contributed by atoms with Crippen LogP contribution in [0.25, 0.3) is 83.9 Å². The molecule has 0 radical (unpaired) electrons. The number of nitrogens with zero attached hydrogens (tertiary/aromatic N) is 2. The molecule has 0 unspecified atom stereocenters. The third-order valence-corrected chi connectivity index (χ3v) is 15.4. The van der Waals surface area contributed by atoms with Gasteiger partial charge in [-0.3, -0.25) is 0 Å². The summed E-state index contributed by atoms with van der Waals surface area (Å²) in [6.07, 6.45) is 0.795. The Morgan fingerprint density at radius 1 is 0.432 bits per heavy atom. The number of nitrogens with one attached hydrogen (secondary N) is 2. The van der Waals surface area contributed by atoms with E-state index in [-0.39, 0.29) is 52.6 Å². The molecule has 0 fully saturated rings. The molecule has 74 heavy (non-hydrogen) atoms. The van der Waals surface area contributed by atoms with E-state index >= 15 is 0 Å². The van der Waals surface area contributed by atoms with Gasteiger partial charge in [-0.05, 0) is 88.3 Å². The van der Waals surface area contributed by atoms with E-state index in [0.29, 0.717) is 0 Å². The van der Waals surface area contributed by atoms with Gasteiger partial charge < -0.3 is 20.4 Å². The molecule has 10 aromatic carbocycles. The number of H-pyrrole nitrogens is 1. The Morgan fingerprint density at radius 3 is 1.45 bits per heavy atom. The van der Waals surface area contributed by atoms with Crippen molar-refractivity contribution in [2.45, 2.75) is 6.42 Å². The monoisotopic (exact) mass is 1060 g/mol. The number of hydrogen-bond acceptors (Lipinski definition) is 9. The third-order valence-electron chi connectivity index (χ3n) is 12.2. The smallest absolute Gasteiger partial charge is 0.871 e. The van der Waals surface area contributed by atoms with Crippen molar-refractivity contribution in [3.05, 3.63) is 230 Å². The van der Waals surface area contributed by atoms with Gasteiger partial charge in [-0.25, -0.2) is 15.0 Å². The molecule has 0 aliphatic carbocycles. The quantitative estimate of drug-likeness (QED) is 0.150. The molecule has 14 rings (SSSR count). The third kappa shape index (κ3) is 10.7. The molecule has 0 atom stereocenters. The largest absolute Gasteiger partial charge is 2.00 e. The van der Waals surface area contributed by atoms with Gasteiger partial charge in [0, 0.05) is 42.7 Å². The van der Waals surface area contributed by atoms with E-state index in [9.17, 15) is 20.4 Å². The van der Waals surface area contributed by atoms with Crippen LogP contribution in [0.5, 0.6) is 23.0 Å². The number of hydrogen-bond donors (Lipinski definition) is 3. The zero-order valence-corrected chi connectivity index (χ0v) is 45.2. The first-order valence-corrected chi connectivity index (χ1v) is 25.6. The standard InChI is InChI=1S/C18H13NO.C17H11NOS.2C13H9NOS.Be.Zn/c20-18-14-7-3-1-5-12(14)9-10-15(18)17-11-13-6-2-4-8-16(13)19-17;19-16-12-6-2-1-5-11(12)9-10-13(16)17-18-14-7-3-4-8-15(14)20-17;2*15-11-7-3-1-5-9(11)13-14-10-6-2-4-8-12(10)16-13;;/h1-10,20H,11H2;1-10,19H;2*1-8,15H;;/q;;;;+2;. The molecule has 350 valence electrons. The summed E-state index contributed by atoms with van der Waals surface area (Å²) in [6, 6.07) is 70.1. The van der Waals surface area contributed by atoms with Crippen molar-refractivity contribution < 1.29 is 49.9 Å². The number of aromatic nitrogens is 3. The summed E-state index contributed by atoms with van der Waals surface area (Å²) < 4.78 is 3.44. The second-order valence-corrected chi connectivity index (χ2v) is 19.9. The zero-order valence-electron chi connectivity index (χ0n) is 39.7. The van der Waals surface area contributed by atoms with Gasteiger partial charge in [-0.2, -0.15) is 4.98 Å². The van der Waals surface area contributed by atoms with Crippen LogP contribution in [0.3, 0.4) is 0 Å². The Hall–Kier alpha value is -7.95. The maximum absolute atomic E-state index is 12.6. The maximum Gasteiger partial charge on any atom is 2.00 e. The fraction of sp³-hybridized carbons (Fsp3) is 0.0164. The van der Waals surface area contributed by atoms with E-state index in [4.69, 9.17) is 0 Å². The molecular weight excluding hydrogens is 1020 g/mol. The predicted octanol–water partition coefficient (Wildman–Crippen LogP) is 12.2. The fourth-order valence-electron chi connectivity index (χ4n) is 8.58. The Morgan fingerprint density at radius 2 is 0.892 bits per heavy atom. The molecule has 13 heteroatoms. The minimum absolute atomic E-state index is 0. The normalized spacial score (nSPS) is 11.3. The number of thiazole rings is 3. The number of aromatic amines is 1. The summed E-state index contributed by atoms with van der Waals surface area (Å²) in [6.45, 7) is 0. The molecular formula is C61H42BeN4O4S3Zn+2. The molecule has 3 aromatic heterocycles. The molecule has 0 bridgehead atoms. The summed E-state index contributed by atoms with van der Waals surface area (Å²) in [5.41, 5.74) is 9.49. The SMILES string of the molecule is Oc1ccccc1-c1nc2ccccc2s1.Oc1ccccc1-c1nc2ccccc2s1.[Be+2].[O-]c1c(-c2[nH+]c3ccccc3s2)ccc2ccccc12.[O-]c1c(C2=[NH+]c3ccccc3C2)ccc2ccccc12.[Zn]. The summed E-state index contributed by atoms with van der Waals surface area (Å²) in [7, 11) is 0. The molecule has 4 N–H and O–H groups in total. The first-order valence-electron chi connectivity index (χ1n) is 23.1. The Labute approximate surface area is 454 Å². The van der Waals surface area contributed by atoms with Gasteiger partial charge in [-0.15, -0.1) is 22.7 Å². The Balaban J connectivity index is 0.000000121. The van der Waals surface area contributed by atoms with Gasteiger partial charge in [0.25, 0.3) is 5.01 Å². The van der Waals surface area contributed by atoms with Gasteiger partial charge in [0.1, 0.15) is 26.2 Å². The molecule has 0 saturated heterocycles. The number of para-hydroxylation sites is 6. The second kappa shape index (κ2) is 22.9. The van der Waals surface area contributed by atoms with E-state index in [1.807, 2.05) is 194 Å². The van der Waals surface area contributed by atoms with E-state index in [0.717, 1.165) is 107 Å². The van der Waals surface area contributed by atoms with Crippen LogP contribution in [0.1, 0.15) is 11.1 Å². The summed E-state index contributed by atoms with van der Waals surface area (Å²) in [4.78, 5) is 15.7. The van der Waals surface area contributed by atoms with Crippen molar-refractivity contribution in [2.75, 3.05) is 0 Å². The fourth-order valence-corrected chi connectivity index (χ4v) is 11.6. The van der Waals surface area contributed by atoms with Crippen molar-refractivity contribution in [3.8, 4) is 54.7 Å². The number of phenols is 2. The van der Waals surface area contributed by atoms with Gasteiger partial charge >= 0.3 is 10.1 Å². The molecule has 13 aromatic rings. The Bertz CT molecular complexity index is 3920. The van der Waals surface area contributed by atoms with Crippen molar-refractivity contribution >= 4 is 108 Å². The van der Waals surface area contributed by atoms with Crippen LogP contribution in [0.15, 0.2) is 218 Å². The van der Waals surface area contributed by atoms with E-state index in [1.165, 1.54) is 5.56 Å². The van der Waals surface area contributed by atoms with Crippen molar-refractivity contribution in [1.29, 1.82) is 0 Å². The van der Waals surface area contributed by atoms with Crippen molar-refractivity contribution in [2.24, 2.45) is 0 Å². The van der Waals surface area contributed by atoms with Crippen LogP contribution in [0.2, 0.25) is 0 Å². The molecule has 0 amide bonds. The predicted molar refractivity (Wildman–Crippen MR) is 298 cm³/mol. The number of phenolic OH excluding ortho intramolecular Hbond substituents is 2. The van der Waals surface area contributed by atoms with Crippen LogP contribution in [0.4, 0.5) is 5.69 Å². The first kappa shape index (κ1) is 51.0. The minimum Gasteiger partial charge on any atom is -0.871 e. The van der Waals surface area contributed by atoms with E-state index < -0.39 is 0 Å². The second-order valence-electron chi connectivity index (χ2n) is 16.8. The molecule has 4 heterocycles. The van der Waals surface area contributed by atoms with Crippen LogP contribution < -0.4 is 20.2 Å². The first-order chi connectivity index (χ1) is 35.3. The van der Waals surface area contributed by atoms with E-state index in [1.54, 1.807) is 46.1 Å². The summed E-state index contributed by atoms with van der Waals surface area (Å²) in [5.74, 6) is 0.757. The minimum atomic E-state index is 0. The molecule has 8 nitrogen and oxygen atoms in total. The van der Waals surface area contributed by atoms with Crippen LogP contribution in [-0.4, -0.2) is 36.0 Å². The molecule has 1 aliphatic heterocycles. The number of rotatable bonds is 4. The molecule has 0 spiro atoms. The van der Waals surface area contributed by atoms with Crippen LogP contribution >= 0.6 is 34.0 Å². The molecule has 0 saturated carbocycles.